The van der Waals surface area contributed by atoms with Gasteiger partial charge in [-0.15, -0.1) is 0 Å². The fraction of sp³-hybridized carbons (Fsp3) is 0.397. The van der Waals surface area contributed by atoms with Crippen LogP contribution in [0.1, 0.15) is 69.7 Å². The van der Waals surface area contributed by atoms with Crippen LogP contribution in [-0.2, 0) is 54.6 Å². The molecule has 5 amide bonds. The lowest BCUT2D eigenvalue weighted by atomic mass is 10.1. The van der Waals surface area contributed by atoms with Crippen LogP contribution in [-0.4, -0.2) is 151 Å². The van der Waals surface area contributed by atoms with Gasteiger partial charge >= 0.3 is 0 Å². The molecule has 19 nitrogen and oxygen atoms in total. The fourth-order valence-electron chi connectivity index (χ4n) is 10.5. The first kappa shape index (κ1) is 61.0. The van der Waals surface area contributed by atoms with Crippen LogP contribution in [0, 0.1) is 0 Å². The molecule has 0 saturated heterocycles. The van der Waals surface area contributed by atoms with Crippen LogP contribution in [0.4, 0.5) is 28.4 Å². The van der Waals surface area contributed by atoms with Crippen molar-refractivity contribution in [2.24, 2.45) is 4.99 Å². The molecule has 0 spiro atoms. The lowest BCUT2D eigenvalue weighted by Gasteiger charge is -2.34. The number of imide groups is 1. The Balaban J connectivity index is 0.955. The molecule has 21 heteroatoms. The number of carbonyl (C=O) groups is 5. The molecule has 0 fully saturated rings. The van der Waals surface area contributed by atoms with Gasteiger partial charge in [-0.1, -0.05) is 58.0 Å². The number of hydrogen-bond acceptors (Lipinski definition) is 17. The summed E-state index contributed by atoms with van der Waals surface area (Å²) in [5, 5.41) is 6.04. The van der Waals surface area contributed by atoms with Gasteiger partial charge in [-0.2, -0.15) is 0 Å². The molecule has 0 radical (unpaired) electrons. The summed E-state index contributed by atoms with van der Waals surface area (Å²) < 4.78 is 41.8. The van der Waals surface area contributed by atoms with E-state index in [1.165, 1.54) is 12.2 Å². The fourth-order valence-corrected chi connectivity index (χ4v) is 13.1. The van der Waals surface area contributed by atoms with Gasteiger partial charge in [0.15, 0.2) is 23.0 Å². The highest BCUT2D eigenvalue weighted by Gasteiger charge is 2.37. The minimum Gasteiger partial charge on any atom is -0.493 e. The molecule has 4 heterocycles. The second-order valence-corrected chi connectivity index (χ2v) is 24.1. The summed E-state index contributed by atoms with van der Waals surface area (Å²) in [4.78, 5) is 76.8. The molecule has 4 aliphatic heterocycles. The smallest absolute Gasteiger partial charge is 0.261 e. The predicted molar refractivity (Wildman–Crippen MR) is 329 cm³/mol. The lowest BCUT2D eigenvalue weighted by molar-refractivity contribution is -0.137. The third-order valence-corrected chi connectivity index (χ3v) is 18.0. The Morgan fingerprint density at radius 1 is 0.774 bits per heavy atom. The highest BCUT2D eigenvalue weighted by Crippen LogP contribution is 2.43. The summed E-state index contributed by atoms with van der Waals surface area (Å²) in [5.41, 5.74) is 8.46. The molecule has 0 aromatic heterocycles. The van der Waals surface area contributed by atoms with E-state index in [2.05, 4.69) is 47.6 Å². The molecular formula is C63H73N7O12S2. The van der Waals surface area contributed by atoms with Crippen molar-refractivity contribution in [2.45, 2.75) is 63.5 Å². The predicted octanol–water partition coefficient (Wildman–Crippen LogP) is 8.86. The normalized spacial score (nSPS) is 15.0. The van der Waals surface area contributed by atoms with Crippen molar-refractivity contribution < 1.29 is 57.1 Å². The first-order chi connectivity index (χ1) is 40.8. The maximum absolute atomic E-state index is 14.3. The standard InChI is InChI=1S/C63H73N7O12S2/c1-63(2,84-83-29-11-16-58(71)65-20-22-69-59(72)17-18-60(69)73)41-67(23-24-79-27-28-80-26-25-76-4)46-31-42(39-81-56-36-50(64-3)48(34-54(56)77-5)61(74)68-21-19-44-12-7-9-14-52(44)68)30-43(32-46)40-82-57-37-51-49(35-55(57)78-6)62(75)70-47(38-66-51)33-45-13-8-10-15-53(45)70/h7-10,12-15,17-18,30-32,34-38,47,64H,11,16,19-29,33,39-41H2,1-6H3,(H,65,71)/t47-/m0/s1. The van der Waals surface area contributed by atoms with E-state index in [0.717, 1.165) is 50.6 Å². The summed E-state index contributed by atoms with van der Waals surface area (Å²) in [5.74, 6) is 1.16. The molecule has 5 aromatic carbocycles. The summed E-state index contributed by atoms with van der Waals surface area (Å²) in [6.07, 6.45) is 6.68. The molecule has 1 atom stereocenters. The average Bonchev–Trinajstić information content (AvgIpc) is 2.56. The zero-order valence-corrected chi connectivity index (χ0v) is 50.1. The van der Waals surface area contributed by atoms with Gasteiger partial charge in [0.05, 0.1) is 75.8 Å². The van der Waals surface area contributed by atoms with Crippen LogP contribution >= 0.6 is 21.6 Å². The van der Waals surface area contributed by atoms with Crippen molar-refractivity contribution in [1.82, 2.24) is 10.2 Å². The number of para-hydroxylation sites is 2. The third-order valence-electron chi connectivity index (χ3n) is 14.6. The quantitative estimate of drug-likeness (QED) is 0.0242. The third kappa shape index (κ3) is 15.0. The second-order valence-electron chi connectivity index (χ2n) is 21.0. The topological polar surface area (TPSA) is 199 Å². The van der Waals surface area contributed by atoms with Gasteiger partial charge < -0.3 is 53.6 Å². The van der Waals surface area contributed by atoms with Gasteiger partial charge in [-0.05, 0) is 91.4 Å². The molecule has 444 valence electrons. The Kier molecular flexibility index (Phi) is 20.9. The molecule has 5 aromatic rings. The number of rotatable bonds is 31. The Morgan fingerprint density at radius 2 is 1.44 bits per heavy atom. The zero-order valence-electron chi connectivity index (χ0n) is 48.4. The number of carbonyl (C=O) groups excluding carboxylic acids is 5. The number of benzene rings is 5. The number of amides is 5. The molecule has 2 N–H and O–H groups in total. The van der Waals surface area contributed by atoms with Gasteiger partial charge in [0.1, 0.15) is 13.2 Å². The van der Waals surface area contributed by atoms with E-state index >= 15 is 0 Å². The molecule has 0 unspecified atom stereocenters. The minimum atomic E-state index is -0.376. The second kappa shape index (κ2) is 28.8. The number of aliphatic imine (C=N–C) groups is 1. The number of anilines is 4. The molecular weight excluding hydrogens is 1110 g/mol. The number of nitrogens with one attached hydrogen (secondary N) is 2. The van der Waals surface area contributed by atoms with Gasteiger partial charge in [0.25, 0.3) is 23.6 Å². The Hall–Kier alpha value is -7.56. The SMILES string of the molecule is CNc1cc(OCc2cc(COc3cc4c(cc3OC)C(=O)N3c5ccccc5C[C@H]3C=N4)cc(N(CCOCCOCCOC)CC(C)(C)SSCCCC(=O)NCCN3C(=O)C=CC3=O)c2)c(OC)cc1C(=O)N1CCc2ccccc21. The molecule has 4 aliphatic rings. The molecule has 0 aliphatic carbocycles. The molecule has 84 heavy (non-hydrogen) atoms. The molecule has 9 rings (SSSR count). The van der Waals surface area contributed by atoms with Gasteiger partial charge in [0, 0.05) is 118 Å². The van der Waals surface area contributed by atoms with E-state index < -0.39 is 0 Å². The number of fused-ring (bicyclic) bond motifs is 5. The average molecular weight is 1180 g/mol. The van der Waals surface area contributed by atoms with Crippen molar-refractivity contribution in [3.63, 3.8) is 0 Å². The zero-order chi connectivity index (χ0) is 59.2. The molecule has 0 saturated carbocycles. The van der Waals surface area contributed by atoms with E-state index in [9.17, 15) is 24.0 Å². The Morgan fingerprint density at radius 3 is 2.15 bits per heavy atom. The first-order valence-corrected chi connectivity index (χ1v) is 30.5. The van der Waals surface area contributed by atoms with Crippen LogP contribution in [0.15, 0.2) is 108 Å². The number of nitrogens with zero attached hydrogens (tertiary/aromatic N) is 5. The van der Waals surface area contributed by atoms with Gasteiger partial charge in [-0.3, -0.25) is 38.8 Å². The van der Waals surface area contributed by atoms with Crippen LogP contribution in [0.3, 0.4) is 0 Å². The van der Waals surface area contributed by atoms with Crippen LogP contribution < -0.4 is 44.3 Å². The van der Waals surface area contributed by atoms with Crippen LogP contribution in [0.25, 0.3) is 0 Å². The number of hydrogen-bond donors (Lipinski definition) is 2. The largest absolute Gasteiger partial charge is 0.493 e. The summed E-state index contributed by atoms with van der Waals surface area (Å²) in [6.45, 7) is 8.77. The van der Waals surface area contributed by atoms with Crippen molar-refractivity contribution in [3.05, 3.63) is 137 Å². The maximum atomic E-state index is 14.3. The monoisotopic (exact) mass is 1180 g/mol. The van der Waals surface area contributed by atoms with Crippen molar-refractivity contribution >= 4 is 85.8 Å². The summed E-state index contributed by atoms with van der Waals surface area (Å²) in [7, 11) is 9.95. The lowest BCUT2D eigenvalue weighted by Crippen LogP contribution is -2.38. The van der Waals surface area contributed by atoms with E-state index in [4.69, 9.17) is 38.2 Å². The maximum Gasteiger partial charge on any atom is 0.261 e. The summed E-state index contributed by atoms with van der Waals surface area (Å²) in [6, 6.07) is 28.9. The minimum absolute atomic E-state index is 0.107. The van der Waals surface area contributed by atoms with Crippen LogP contribution in [0.2, 0.25) is 0 Å². The number of methoxy groups -OCH3 is 3. The van der Waals surface area contributed by atoms with Crippen molar-refractivity contribution in [1.29, 1.82) is 0 Å². The van der Waals surface area contributed by atoms with Gasteiger partial charge in [0.2, 0.25) is 5.91 Å². The molecule has 0 bridgehead atoms. The Bertz CT molecular complexity index is 3250. The van der Waals surface area contributed by atoms with E-state index in [1.54, 1.807) is 84.0 Å². The van der Waals surface area contributed by atoms with Gasteiger partial charge in [-0.25, -0.2) is 0 Å². The van der Waals surface area contributed by atoms with E-state index in [1.807, 2.05) is 54.7 Å². The van der Waals surface area contributed by atoms with Crippen LogP contribution in [0.5, 0.6) is 23.0 Å². The van der Waals surface area contributed by atoms with Crippen molar-refractivity contribution in [3.8, 4) is 23.0 Å². The highest BCUT2D eigenvalue weighted by atomic mass is 33.1. The van der Waals surface area contributed by atoms with E-state index in [-0.39, 0.29) is 66.6 Å². The summed E-state index contributed by atoms with van der Waals surface area (Å²) >= 11 is 0. The van der Waals surface area contributed by atoms with E-state index in [0.29, 0.717) is 123 Å². The number of ether oxygens (including phenoxy) is 7. The first-order valence-electron chi connectivity index (χ1n) is 28.1. The Labute approximate surface area is 498 Å². The van der Waals surface area contributed by atoms with Crippen molar-refractivity contribution in [2.75, 3.05) is 120 Å². The highest BCUT2D eigenvalue weighted by molar-refractivity contribution is 8.77.